The van der Waals surface area contributed by atoms with Crippen molar-refractivity contribution in [3.63, 3.8) is 0 Å². The SMILES string of the molecule is CC(C)(C)OC(=O)Cc1cccc(-c2ncnc3[nH]ccc23)c1. The standard InChI is InChI=1S/C18H19N3O2/c1-18(2,3)23-15(22)10-12-5-4-6-13(9-12)16-14-7-8-19-17(14)21-11-20-16/h4-9,11H,10H2,1-3H3,(H,19,20,21). The highest BCUT2D eigenvalue weighted by molar-refractivity contribution is 5.90. The van der Waals surface area contributed by atoms with Gasteiger partial charge in [0, 0.05) is 17.1 Å². The maximum Gasteiger partial charge on any atom is 0.310 e. The van der Waals surface area contributed by atoms with Crippen LogP contribution in [-0.4, -0.2) is 26.5 Å². The minimum absolute atomic E-state index is 0.232. The summed E-state index contributed by atoms with van der Waals surface area (Å²) in [6.45, 7) is 5.60. The molecule has 0 aliphatic heterocycles. The van der Waals surface area contributed by atoms with E-state index in [1.165, 1.54) is 6.33 Å². The molecule has 0 aliphatic carbocycles. The minimum Gasteiger partial charge on any atom is -0.460 e. The Morgan fingerprint density at radius 3 is 2.83 bits per heavy atom. The van der Waals surface area contributed by atoms with Crippen LogP contribution in [-0.2, 0) is 16.0 Å². The van der Waals surface area contributed by atoms with E-state index in [1.807, 2.05) is 57.3 Å². The van der Waals surface area contributed by atoms with Crippen molar-refractivity contribution in [1.82, 2.24) is 15.0 Å². The first-order chi connectivity index (χ1) is 10.9. The summed E-state index contributed by atoms with van der Waals surface area (Å²) in [5, 5.41) is 0.960. The van der Waals surface area contributed by atoms with Crippen LogP contribution in [0.2, 0.25) is 0 Å². The number of carbonyl (C=O) groups excluding carboxylic acids is 1. The molecule has 0 unspecified atom stereocenters. The predicted molar refractivity (Wildman–Crippen MR) is 88.9 cm³/mol. The van der Waals surface area contributed by atoms with E-state index in [0.29, 0.717) is 0 Å². The second-order valence-corrected chi connectivity index (χ2v) is 6.43. The highest BCUT2D eigenvalue weighted by Gasteiger charge is 2.17. The van der Waals surface area contributed by atoms with E-state index < -0.39 is 5.60 Å². The van der Waals surface area contributed by atoms with Crippen LogP contribution in [0.4, 0.5) is 0 Å². The molecule has 2 heterocycles. The molecule has 0 bridgehead atoms. The Bertz CT molecular complexity index is 847. The molecule has 0 saturated carbocycles. The molecular weight excluding hydrogens is 290 g/mol. The number of carbonyl (C=O) groups is 1. The number of aromatic nitrogens is 3. The van der Waals surface area contributed by atoms with Gasteiger partial charge in [0.1, 0.15) is 17.6 Å². The van der Waals surface area contributed by atoms with Crippen LogP contribution in [0.3, 0.4) is 0 Å². The molecule has 0 aliphatic rings. The minimum atomic E-state index is -0.474. The van der Waals surface area contributed by atoms with E-state index in [9.17, 15) is 4.79 Å². The molecule has 1 aromatic carbocycles. The third-order valence-electron chi connectivity index (χ3n) is 3.32. The van der Waals surface area contributed by atoms with E-state index in [1.54, 1.807) is 0 Å². The highest BCUT2D eigenvalue weighted by atomic mass is 16.6. The Balaban J connectivity index is 1.88. The Morgan fingerprint density at radius 2 is 2.04 bits per heavy atom. The van der Waals surface area contributed by atoms with Gasteiger partial charge in [-0.3, -0.25) is 4.79 Å². The van der Waals surface area contributed by atoms with Crippen LogP contribution < -0.4 is 0 Å². The van der Waals surface area contributed by atoms with Crippen molar-refractivity contribution in [1.29, 1.82) is 0 Å². The maximum atomic E-state index is 12.0. The van der Waals surface area contributed by atoms with E-state index in [2.05, 4.69) is 15.0 Å². The van der Waals surface area contributed by atoms with Crippen molar-refractivity contribution in [2.24, 2.45) is 0 Å². The van der Waals surface area contributed by atoms with Gasteiger partial charge in [-0.1, -0.05) is 18.2 Å². The molecule has 0 atom stereocenters. The Labute approximate surface area is 134 Å². The highest BCUT2D eigenvalue weighted by Crippen LogP contribution is 2.25. The number of nitrogens with one attached hydrogen (secondary N) is 1. The lowest BCUT2D eigenvalue weighted by Crippen LogP contribution is -2.24. The van der Waals surface area contributed by atoms with E-state index in [-0.39, 0.29) is 12.4 Å². The Hall–Kier alpha value is -2.69. The van der Waals surface area contributed by atoms with Crippen molar-refractivity contribution in [3.8, 4) is 11.3 Å². The molecule has 23 heavy (non-hydrogen) atoms. The first-order valence-corrected chi connectivity index (χ1v) is 7.52. The summed E-state index contributed by atoms with van der Waals surface area (Å²) < 4.78 is 5.38. The number of ether oxygens (including phenoxy) is 1. The van der Waals surface area contributed by atoms with Crippen LogP contribution in [0.15, 0.2) is 42.9 Å². The summed E-state index contributed by atoms with van der Waals surface area (Å²) in [4.78, 5) is 23.7. The van der Waals surface area contributed by atoms with Gasteiger partial charge in [0.2, 0.25) is 0 Å². The molecule has 5 heteroatoms. The number of fused-ring (bicyclic) bond motifs is 1. The second-order valence-electron chi connectivity index (χ2n) is 6.43. The monoisotopic (exact) mass is 309 g/mol. The number of hydrogen-bond acceptors (Lipinski definition) is 4. The number of rotatable bonds is 3. The normalized spacial score (nSPS) is 11.6. The van der Waals surface area contributed by atoms with Gasteiger partial charge in [0.05, 0.1) is 12.1 Å². The summed E-state index contributed by atoms with van der Waals surface area (Å²) in [5.74, 6) is -0.232. The number of esters is 1. The zero-order valence-corrected chi connectivity index (χ0v) is 13.5. The predicted octanol–water partition coefficient (Wildman–Crippen LogP) is 3.51. The van der Waals surface area contributed by atoms with Crippen molar-refractivity contribution in [2.45, 2.75) is 32.8 Å². The van der Waals surface area contributed by atoms with E-state index in [4.69, 9.17) is 4.74 Å². The molecule has 5 nitrogen and oxygen atoms in total. The number of H-pyrrole nitrogens is 1. The van der Waals surface area contributed by atoms with Gasteiger partial charge in [0.25, 0.3) is 0 Å². The van der Waals surface area contributed by atoms with Crippen molar-refractivity contribution >= 4 is 17.0 Å². The summed E-state index contributed by atoms with van der Waals surface area (Å²) in [5.41, 5.74) is 3.03. The lowest BCUT2D eigenvalue weighted by Gasteiger charge is -2.19. The van der Waals surface area contributed by atoms with Crippen LogP contribution in [0, 0.1) is 0 Å². The van der Waals surface area contributed by atoms with Gasteiger partial charge < -0.3 is 9.72 Å². The topological polar surface area (TPSA) is 67.9 Å². The summed E-state index contributed by atoms with van der Waals surface area (Å²) in [7, 11) is 0. The third kappa shape index (κ3) is 3.56. The average molecular weight is 309 g/mol. The van der Waals surface area contributed by atoms with Crippen molar-refractivity contribution in [3.05, 3.63) is 48.4 Å². The molecule has 1 N–H and O–H groups in total. The molecule has 0 spiro atoms. The molecule has 0 radical (unpaired) electrons. The van der Waals surface area contributed by atoms with E-state index >= 15 is 0 Å². The smallest absolute Gasteiger partial charge is 0.310 e. The molecule has 0 amide bonds. The van der Waals surface area contributed by atoms with E-state index in [0.717, 1.165) is 27.9 Å². The van der Waals surface area contributed by atoms with Crippen molar-refractivity contribution < 1.29 is 9.53 Å². The number of hydrogen-bond donors (Lipinski definition) is 1. The fraction of sp³-hybridized carbons (Fsp3) is 0.278. The van der Waals surface area contributed by atoms with Gasteiger partial charge in [-0.05, 0) is 38.5 Å². The lowest BCUT2D eigenvalue weighted by atomic mass is 10.0. The quantitative estimate of drug-likeness (QED) is 0.752. The zero-order chi connectivity index (χ0) is 16.4. The first-order valence-electron chi connectivity index (χ1n) is 7.52. The average Bonchev–Trinajstić information content (AvgIpc) is 2.93. The van der Waals surface area contributed by atoms with Gasteiger partial charge >= 0.3 is 5.97 Å². The third-order valence-corrected chi connectivity index (χ3v) is 3.32. The number of aromatic amines is 1. The van der Waals surface area contributed by atoms with Crippen LogP contribution in [0.25, 0.3) is 22.3 Å². The molecule has 118 valence electrons. The van der Waals surface area contributed by atoms with Gasteiger partial charge in [-0.25, -0.2) is 9.97 Å². The molecule has 2 aromatic heterocycles. The molecule has 0 saturated heterocycles. The van der Waals surface area contributed by atoms with Crippen LogP contribution in [0.1, 0.15) is 26.3 Å². The number of benzene rings is 1. The fourth-order valence-electron chi connectivity index (χ4n) is 2.48. The molecular formula is C18H19N3O2. The largest absolute Gasteiger partial charge is 0.460 e. The van der Waals surface area contributed by atoms with Crippen LogP contribution in [0.5, 0.6) is 0 Å². The Kier molecular flexibility index (Phi) is 3.86. The Morgan fingerprint density at radius 1 is 1.22 bits per heavy atom. The van der Waals surface area contributed by atoms with Gasteiger partial charge in [-0.2, -0.15) is 0 Å². The van der Waals surface area contributed by atoms with Gasteiger partial charge in [-0.15, -0.1) is 0 Å². The molecule has 3 aromatic rings. The summed E-state index contributed by atoms with van der Waals surface area (Å²) in [6, 6.07) is 9.75. The van der Waals surface area contributed by atoms with Gasteiger partial charge in [0.15, 0.2) is 0 Å². The summed E-state index contributed by atoms with van der Waals surface area (Å²) >= 11 is 0. The second kappa shape index (κ2) is 5.83. The molecule has 0 fully saturated rings. The van der Waals surface area contributed by atoms with Crippen molar-refractivity contribution in [2.75, 3.05) is 0 Å². The lowest BCUT2D eigenvalue weighted by molar-refractivity contribution is -0.153. The summed E-state index contributed by atoms with van der Waals surface area (Å²) in [6.07, 6.45) is 3.62. The molecule has 3 rings (SSSR count). The maximum absolute atomic E-state index is 12.0. The first kappa shape index (κ1) is 15.2. The number of nitrogens with zero attached hydrogens (tertiary/aromatic N) is 2. The zero-order valence-electron chi connectivity index (χ0n) is 13.5. The fourth-order valence-corrected chi connectivity index (χ4v) is 2.48. The van der Waals surface area contributed by atoms with Crippen LogP contribution >= 0.6 is 0 Å².